The molecule has 1 fully saturated rings. The summed E-state index contributed by atoms with van der Waals surface area (Å²) in [5.41, 5.74) is -0.350. The number of aliphatic hydroxyl groups excluding tert-OH is 2. The molecule has 4 heterocycles. The third kappa shape index (κ3) is 8.91. The van der Waals surface area contributed by atoms with Gasteiger partial charge in [0.1, 0.15) is 23.4 Å². The minimum atomic E-state index is -2.04. The summed E-state index contributed by atoms with van der Waals surface area (Å²) in [6, 6.07) is 0. The molecule has 0 spiro atoms. The summed E-state index contributed by atoms with van der Waals surface area (Å²) >= 11 is 0. The minimum absolute atomic E-state index is 0.0559. The number of aliphatic hydroxyl groups is 2. The van der Waals surface area contributed by atoms with Crippen LogP contribution in [0.3, 0.4) is 0 Å². The molecule has 0 radical (unpaired) electrons. The number of rotatable bonds is 4. The fourth-order valence-electron chi connectivity index (χ4n) is 7.92. The molecule has 5 bridgehead atoms. The van der Waals surface area contributed by atoms with Crippen LogP contribution in [0, 0.1) is 30.6 Å². The number of nitrogens with one attached hydrogen (secondary N) is 1. The van der Waals surface area contributed by atoms with E-state index in [0.717, 1.165) is 13.1 Å². The number of Topliss-reactive ketones (excluding diaryl/α,β-unsaturated/α-hetero) is 1. The second-order valence-electron chi connectivity index (χ2n) is 16.1. The molecule has 6 rings (SSSR count). The molecule has 1 saturated heterocycles. The molecule has 322 valence electrons. The monoisotopic (exact) mass is 822 g/mol. The lowest BCUT2D eigenvalue weighted by Gasteiger charge is -2.38. The Labute approximate surface area is 344 Å². The van der Waals surface area contributed by atoms with Crippen molar-refractivity contribution in [1.29, 1.82) is 0 Å². The summed E-state index contributed by atoms with van der Waals surface area (Å²) in [6.45, 7) is 15.1. The lowest BCUT2D eigenvalue weighted by molar-refractivity contribution is -0.160. The van der Waals surface area contributed by atoms with Crippen LogP contribution in [0.25, 0.3) is 10.8 Å². The normalized spacial score (nSPS) is 32.1. The predicted molar refractivity (Wildman–Crippen MR) is 220 cm³/mol. The third-order valence-electron chi connectivity index (χ3n) is 11.9. The zero-order valence-corrected chi connectivity index (χ0v) is 35.3. The van der Waals surface area contributed by atoms with Crippen molar-refractivity contribution in [1.82, 2.24) is 9.91 Å². The summed E-state index contributed by atoms with van der Waals surface area (Å²) in [4.78, 5) is 42.6. The van der Waals surface area contributed by atoms with Crippen molar-refractivity contribution >= 4 is 40.3 Å². The van der Waals surface area contributed by atoms with Crippen molar-refractivity contribution in [3.05, 3.63) is 52.8 Å². The maximum Gasteiger partial charge on any atom is 0.312 e. The fraction of sp³-hybridized carbons (Fsp3) is 0.535. The first-order valence-corrected chi connectivity index (χ1v) is 19.8. The summed E-state index contributed by atoms with van der Waals surface area (Å²) in [5, 5.41) is 66.8. The van der Waals surface area contributed by atoms with Crippen LogP contribution in [0.15, 0.2) is 41.2 Å². The Balaban J connectivity index is 1.70. The fourth-order valence-corrected chi connectivity index (χ4v) is 7.92. The first kappa shape index (κ1) is 44.9. The summed E-state index contributed by atoms with van der Waals surface area (Å²) in [7, 11) is 3.42. The summed E-state index contributed by atoms with van der Waals surface area (Å²) in [6.07, 6.45) is 4.86. The van der Waals surface area contributed by atoms with E-state index >= 15 is 0 Å². The molecule has 0 unspecified atom stereocenters. The number of amides is 1. The number of piperazine rings is 1. The van der Waals surface area contributed by atoms with E-state index in [4.69, 9.17) is 18.9 Å². The number of nitrogens with zero attached hydrogens (tertiary/aromatic N) is 3. The average molecular weight is 823 g/mol. The first-order chi connectivity index (χ1) is 27.7. The Kier molecular flexibility index (Phi) is 13.7. The molecule has 0 aromatic heterocycles. The van der Waals surface area contributed by atoms with Crippen molar-refractivity contribution < 1.29 is 58.9 Å². The van der Waals surface area contributed by atoms with Crippen molar-refractivity contribution in [3.63, 3.8) is 0 Å². The molecule has 6 N–H and O–H groups in total. The molecule has 2 aromatic rings. The largest absolute Gasteiger partial charge is 0.507 e. The number of hydrogen-bond donors (Lipinski definition) is 6. The van der Waals surface area contributed by atoms with Crippen LogP contribution in [-0.2, 0) is 23.8 Å². The number of phenolic OH excluding ortho intramolecular Hbond substituents is 3. The van der Waals surface area contributed by atoms with Gasteiger partial charge in [0.25, 0.3) is 11.7 Å². The number of ether oxygens (including phenoxy) is 4. The molecule has 0 aliphatic carbocycles. The maximum atomic E-state index is 14.4. The van der Waals surface area contributed by atoms with Crippen LogP contribution in [0.2, 0.25) is 0 Å². The summed E-state index contributed by atoms with van der Waals surface area (Å²) in [5.74, 6) is -8.34. The number of ketones is 1. The molecule has 16 nitrogen and oxygen atoms in total. The smallest absolute Gasteiger partial charge is 0.312 e. The highest BCUT2D eigenvalue weighted by Crippen LogP contribution is 2.55. The van der Waals surface area contributed by atoms with Gasteiger partial charge in [0, 0.05) is 87.3 Å². The Morgan fingerprint density at radius 1 is 0.949 bits per heavy atom. The second kappa shape index (κ2) is 18.0. The number of benzene rings is 2. The van der Waals surface area contributed by atoms with Gasteiger partial charge in [-0.1, -0.05) is 45.9 Å². The molecule has 4 aliphatic heterocycles. The van der Waals surface area contributed by atoms with Crippen LogP contribution in [0.5, 0.6) is 23.0 Å². The zero-order chi connectivity index (χ0) is 43.7. The maximum absolute atomic E-state index is 14.4. The van der Waals surface area contributed by atoms with Gasteiger partial charge in [-0.25, -0.2) is 0 Å². The number of esters is 1. The first-order valence-electron chi connectivity index (χ1n) is 19.8. The number of anilines is 1. The number of carbonyl (C=O) groups is 3. The number of fused-ring (bicyclic) bond motifs is 14. The predicted octanol–water partition coefficient (Wildman–Crippen LogP) is 4.34. The number of methoxy groups -OCH3 is 1. The van der Waals surface area contributed by atoms with Gasteiger partial charge >= 0.3 is 11.8 Å². The van der Waals surface area contributed by atoms with Gasteiger partial charge < -0.3 is 54.7 Å². The van der Waals surface area contributed by atoms with Crippen molar-refractivity contribution in [2.75, 3.05) is 45.7 Å². The number of carbonyl (C=O) groups excluding carboxylic acids is 3. The average Bonchev–Trinajstić information content (AvgIpc) is 3.46. The van der Waals surface area contributed by atoms with Gasteiger partial charge in [0.05, 0.1) is 53.0 Å². The van der Waals surface area contributed by atoms with E-state index in [2.05, 4.69) is 15.3 Å². The number of hydrazone groups is 1. The molecular weight excluding hydrogens is 764 g/mol. The number of likely N-dealkylation sites (N-methyl/N-ethyl adjacent to an activating group) is 1. The van der Waals surface area contributed by atoms with E-state index in [1.807, 2.05) is 7.05 Å². The number of hydrogen-bond acceptors (Lipinski definition) is 15. The van der Waals surface area contributed by atoms with Crippen molar-refractivity contribution in [2.24, 2.45) is 28.8 Å². The SMILES string of the molecule is CO[C@H]1/C=C/O[C@@]2(C)Oc3c(C)c(O)c4c(O)c(c(/C=N/N5CCN(C)CC5)c(O)c4c3C2=O)NC(=O)/C(C)=C/C=C/[C@H](C)[C@H](O)[C@@H](C)[C@@H](O)[C@@H](C)[C@H](OC(C)=O)[C@H]1C. The topological polar surface area (TPSA) is 220 Å². The summed E-state index contributed by atoms with van der Waals surface area (Å²) < 4.78 is 23.6. The van der Waals surface area contributed by atoms with E-state index < -0.39 is 88.8 Å². The number of aromatic hydroxyl groups is 3. The van der Waals surface area contributed by atoms with E-state index in [1.54, 1.807) is 44.9 Å². The van der Waals surface area contributed by atoms with Gasteiger partial charge in [-0.15, -0.1) is 0 Å². The molecule has 0 saturated carbocycles. The third-order valence-corrected chi connectivity index (χ3v) is 11.9. The van der Waals surface area contributed by atoms with Crippen LogP contribution in [0.4, 0.5) is 5.69 Å². The van der Waals surface area contributed by atoms with E-state index in [1.165, 1.54) is 59.4 Å². The molecule has 59 heavy (non-hydrogen) atoms. The van der Waals surface area contributed by atoms with Gasteiger partial charge in [-0.3, -0.25) is 19.4 Å². The highest BCUT2D eigenvalue weighted by molar-refractivity contribution is 6.23. The molecular formula is C43H58N4O12. The lowest BCUT2D eigenvalue weighted by Crippen LogP contribution is -2.46. The Morgan fingerprint density at radius 3 is 2.24 bits per heavy atom. The van der Waals surface area contributed by atoms with Gasteiger partial charge in [0.2, 0.25) is 0 Å². The van der Waals surface area contributed by atoms with Gasteiger partial charge in [0.15, 0.2) is 5.75 Å². The van der Waals surface area contributed by atoms with Crippen LogP contribution < -0.4 is 10.1 Å². The Bertz CT molecular complexity index is 2070. The zero-order valence-electron chi connectivity index (χ0n) is 35.3. The van der Waals surface area contributed by atoms with Crippen LogP contribution in [0.1, 0.15) is 70.0 Å². The van der Waals surface area contributed by atoms with E-state index in [0.29, 0.717) is 13.1 Å². The molecule has 16 heteroatoms. The van der Waals surface area contributed by atoms with E-state index in [-0.39, 0.29) is 44.5 Å². The lowest BCUT2D eigenvalue weighted by atomic mass is 9.78. The number of allylic oxidation sites excluding steroid dienone is 2. The Hall–Kier alpha value is -5.16. The molecule has 2 aromatic carbocycles. The molecule has 1 amide bonds. The molecule has 9 atom stereocenters. The quantitative estimate of drug-likeness (QED) is 0.109. The Morgan fingerprint density at radius 2 is 1.61 bits per heavy atom. The van der Waals surface area contributed by atoms with Crippen LogP contribution in [-0.4, -0.2) is 130 Å². The van der Waals surface area contributed by atoms with E-state index in [9.17, 15) is 39.9 Å². The minimum Gasteiger partial charge on any atom is -0.507 e. The highest BCUT2D eigenvalue weighted by Gasteiger charge is 2.50. The molecule has 4 aliphatic rings. The van der Waals surface area contributed by atoms with Gasteiger partial charge in [-0.2, -0.15) is 5.10 Å². The van der Waals surface area contributed by atoms with Gasteiger partial charge in [-0.05, 0) is 27.0 Å². The highest BCUT2D eigenvalue weighted by atomic mass is 16.7. The van der Waals surface area contributed by atoms with Crippen LogP contribution >= 0.6 is 0 Å². The van der Waals surface area contributed by atoms with Crippen molar-refractivity contribution in [2.45, 2.75) is 85.6 Å². The second-order valence-corrected chi connectivity index (χ2v) is 16.1. The number of phenols is 3. The standard InChI is InChI=1S/C43H58N4O12/c1-21-12-11-13-22(2)42(55)45-33-28(20-44-47-17-15-46(9)16-18-47)37(52)30-31(38(33)53)36(51)26(6)40-32(30)41(54)43(8,59-40)57-19-14-29(56-10)23(3)39(58-27(7)48)25(5)35(50)24(4)34(21)49/h11-14,19-21,23-25,29,34-35,39,49-53H,15-18H2,1-10H3,(H,45,55)/b12-11+,19-14+,22-13+,44-20+/t21-,23-,24+,25+,29-,34-,35+,39+,43-/m0/s1. The van der Waals surface area contributed by atoms with Crippen molar-refractivity contribution in [3.8, 4) is 23.0 Å².